The molecule has 0 amide bonds. The number of aromatic nitrogens is 1. The number of hydrogen-bond acceptors (Lipinski definition) is 3. The lowest BCUT2D eigenvalue weighted by Crippen LogP contribution is -1.92. The topological polar surface area (TPSA) is 24.9 Å². The van der Waals surface area contributed by atoms with Gasteiger partial charge in [-0.2, -0.15) is 0 Å². The highest BCUT2D eigenvalue weighted by molar-refractivity contribution is 9.11. The van der Waals surface area contributed by atoms with Crippen molar-refractivity contribution in [2.24, 2.45) is 0 Å². The Morgan fingerprint density at radius 2 is 1.75 bits per heavy atom. The highest BCUT2D eigenvalue weighted by Crippen LogP contribution is 2.38. The molecular formula is C14H9Br3N2S. The van der Waals surface area contributed by atoms with Crippen molar-refractivity contribution in [2.45, 2.75) is 6.92 Å². The summed E-state index contributed by atoms with van der Waals surface area (Å²) in [7, 11) is 0. The minimum absolute atomic E-state index is 0.884. The van der Waals surface area contributed by atoms with Gasteiger partial charge in [-0.3, -0.25) is 0 Å². The summed E-state index contributed by atoms with van der Waals surface area (Å²) < 4.78 is 4.17. The molecule has 0 aliphatic rings. The third kappa shape index (κ3) is 2.93. The van der Waals surface area contributed by atoms with Gasteiger partial charge in [0.2, 0.25) is 0 Å². The largest absolute Gasteiger partial charge is 0.330 e. The van der Waals surface area contributed by atoms with Gasteiger partial charge in [0.05, 0.1) is 15.9 Å². The molecule has 1 heterocycles. The summed E-state index contributed by atoms with van der Waals surface area (Å²) in [4.78, 5) is 4.61. The molecule has 6 heteroatoms. The number of fused-ring (bicyclic) bond motifs is 1. The predicted octanol–water partition coefficient (Wildman–Crippen LogP) is 6.64. The van der Waals surface area contributed by atoms with Crippen molar-refractivity contribution in [1.82, 2.24) is 4.98 Å². The van der Waals surface area contributed by atoms with Crippen molar-refractivity contribution in [3.05, 3.63) is 49.3 Å². The minimum Gasteiger partial charge on any atom is -0.330 e. The van der Waals surface area contributed by atoms with Crippen LogP contribution < -0.4 is 5.32 Å². The van der Waals surface area contributed by atoms with Crippen molar-refractivity contribution in [3.8, 4) is 0 Å². The van der Waals surface area contributed by atoms with Gasteiger partial charge in [-0.25, -0.2) is 4.98 Å². The molecule has 102 valence electrons. The normalized spacial score (nSPS) is 11.0. The summed E-state index contributed by atoms with van der Waals surface area (Å²) in [5.41, 5.74) is 3.25. The van der Waals surface area contributed by atoms with Crippen molar-refractivity contribution >= 4 is 80.2 Å². The van der Waals surface area contributed by atoms with Crippen LogP contribution in [-0.4, -0.2) is 4.98 Å². The highest BCUT2D eigenvalue weighted by atomic mass is 79.9. The first-order valence-corrected chi connectivity index (χ1v) is 9.01. The lowest BCUT2D eigenvalue weighted by molar-refractivity contribution is 1.41. The van der Waals surface area contributed by atoms with Gasteiger partial charge in [-0.05, 0) is 68.6 Å². The number of hydrogen-bond donors (Lipinski definition) is 1. The van der Waals surface area contributed by atoms with Crippen LogP contribution in [0.4, 0.5) is 10.8 Å². The molecule has 0 atom stereocenters. The van der Waals surface area contributed by atoms with Crippen LogP contribution >= 0.6 is 59.1 Å². The molecule has 0 bridgehead atoms. The Morgan fingerprint density at radius 3 is 2.45 bits per heavy atom. The Bertz CT molecular complexity index is 775. The summed E-state index contributed by atoms with van der Waals surface area (Å²) >= 11 is 12.3. The summed E-state index contributed by atoms with van der Waals surface area (Å²) in [5.74, 6) is 0. The van der Waals surface area contributed by atoms with Crippen LogP contribution in [0, 0.1) is 6.92 Å². The molecule has 0 saturated carbocycles. The van der Waals surface area contributed by atoms with Crippen LogP contribution in [0.3, 0.4) is 0 Å². The van der Waals surface area contributed by atoms with Crippen LogP contribution in [-0.2, 0) is 0 Å². The highest BCUT2D eigenvalue weighted by Gasteiger charge is 2.10. The molecule has 2 aromatic carbocycles. The van der Waals surface area contributed by atoms with E-state index in [0.717, 1.165) is 29.8 Å². The van der Waals surface area contributed by atoms with Crippen LogP contribution in [0.1, 0.15) is 5.56 Å². The molecule has 3 aromatic rings. The fraction of sp³-hybridized carbons (Fsp3) is 0.0714. The zero-order valence-corrected chi connectivity index (χ0v) is 16.0. The monoisotopic (exact) mass is 474 g/mol. The smallest absolute Gasteiger partial charge is 0.188 e. The SMILES string of the molecule is Cc1ccc2nc(Nc3c(Br)cc(Br)cc3Br)sc2c1. The summed E-state index contributed by atoms with van der Waals surface area (Å²) in [6, 6.07) is 10.3. The zero-order chi connectivity index (χ0) is 14.3. The standard InChI is InChI=1S/C14H9Br3N2S/c1-7-2-3-11-12(4-7)20-14(18-11)19-13-9(16)5-8(15)6-10(13)17/h2-6H,1H3,(H,18,19). The van der Waals surface area contributed by atoms with Crippen molar-refractivity contribution < 1.29 is 0 Å². The van der Waals surface area contributed by atoms with E-state index < -0.39 is 0 Å². The Balaban J connectivity index is 2.01. The van der Waals surface area contributed by atoms with Crippen molar-refractivity contribution in [2.75, 3.05) is 5.32 Å². The molecule has 1 aromatic heterocycles. The van der Waals surface area contributed by atoms with E-state index in [9.17, 15) is 0 Å². The third-order valence-corrected chi connectivity index (χ3v) is 5.43. The number of nitrogens with zero attached hydrogens (tertiary/aromatic N) is 1. The predicted molar refractivity (Wildman–Crippen MR) is 97.2 cm³/mol. The van der Waals surface area contributed by atoms with E-state index in [-0.39, 0.29) is 0 Å². The molecule has 0 radical (unpaired) electrons. The Labute approximate surface area is 146 Å². The molecule has 0 aliphatic carbocycles. The van der Waals surface area contributed by atoms with E-state index in [2.05, 4.69) is 83.2 Å². The van der Waals surface area contributed by atoms with Crippen LogP contribution in [0.15, 0.2) is 43.7 Å². The van der Waals surface area contributed by atoms with E-state index >= 15 is 0 Å². The number of thiazole rings is 1. The van der Waals surface area contributed by atoms with Gasteiger partial charge in [0.1, 0.15) is 0 Å². The first-order chi connectivity index (χ1) is 9.52. The molecule has 3 rings (SSSR count). The van der Waals surface area contributed by atoms with E-state index in [1.54, 1.807) is 11.3 Å². The number of rotatable bonds is 2. The second kappa shape index (κ2) is 5.75. The number of halogens is 3. The quantitative estimate of drug-likeness (QED) is 0.448. The number of benzene rings is 2. The van der Waals surface area contributed by atoms with E-state index in [0.29, 0.717) is 0 Å². The van der Waals surface area contributed by atoms with Gasteiger partial charge < -0.3 is 5.32 Å². The first-order valence-electron chi connectivity index (χ1n) is 5.82. The van der Waals surface area contributed by atoms with E-state index in [1.807, 2.05) is 12.1 Å². The lowest BCUT2D eigenvalue weighted by atomic mass is 10.2. The number of anilines is 2. The molecule has 1 N–H and O–H groups in total. The summed E-state index contributed by atoms with van der Waals surface area (Å²) in [6.45, 7) is 2.09. The molecule has 20 heavy (non-hydrogen) atoms. The van der Waals surface area contributed by atoms with Crippen LogP contribution in [0.5, 0.6) is 0 Å². The second-order valence-corrected chi connectivity index (χ2v) is 8.01. The average Bonchev–Trinajstić information content (AvgIpc) is 2.75. The Hall–Kier alpha value is -0.430. The Morgan fingerprint density at radius 1 is 1.05 bits per heavy atom. The minimum atomic E-state index is 0.884. The molecule has 0 unspecified atom stereocenters. The maximum Gasteiger partial charge on any atom is 0.188 e. The van der Waals surface area contributed by atoms with Gasteiger partial charge in [0.25, 0.3) is 0 Å². The summed E-state index contributed by atoms with van der Waals surface area (Å²) in [6.07, 6.45) is 0. The van der Waals surface area contributed by atoms with Crippen molar-refractivity contribution in [3.63, 3.8) is 0 Å². The molecule has 0 fully saturated rings. The summed E-state index contributed by atoms with van der Waals surface area (Å²) in [5, 5.41) is 4.25. The maximum absolute atomic E-state index is 4.61. The lowest BCUT2D eigenvalue weighted by Gasteiger charge is -2.08. The fourth-order valence-corrected chi connectivity index (χ4v) is 5.28. The molecular weight excluding hydrogens is 468 g/mol. The van der Waals surface area contributed by atoms with Crippen molar-refractivity contribution in [1.29, 1.82) is 0 Å². The molecule has 0 spiro atoms. The van der Waals surface area contributed by atoms with E-state index in [4.69, 9.17) is 0 Å². The fourth-order valence-electron chi connectivity index (χ4n) is 1.85. The number of aryl methyl sites for hydroxylation is 1. The maximum atomic E-state index is 4.61. The van der Waals surface area contributed by atoms with Crippen LogP contribution in [0.2, 0.25) is 0 Å². The van der Waals surface area contributed by atoms with Gasteiger partial charge in [-0.1, -0.05) is 33.3 Å². The first kappa shape index (κ1) is 14.5. The van der Waals surface area contributed by atoms with Crippen LogP contribution in [0.25, 0.3) is 10.2 Å². The molecule has 2 nitrogen and oxygen atoms in total. The zero-order valence-electron chi connectivity index (χ0n) is 10.4. The Kier molecular flexibility index (Phi) is 4.17. The van der Waals surface area contributed by atoms with Gasteiger partial charge in [-0.15, -0.1) is 0 Å². The van der Waals surface area contributed by atoms with Gasteiger partial charge in [0.15, 0.2) is 5.13 Å². The van der Waals surface area contributed by atoms with Gasteiger partial charge >= 0.3 is 0 Å². The molecule has 0 saturated heterocycles. The van der Waals surface area contributed by atoms with E-state index in [1.165, 1.54) is 10.3 Å². The average molecular weight is 477 g/mol. The number of nitrogens with one attached hydrogen (secondary N) is 1. The third-order valence-electron chi connectivity index (χ3n) is 2.78. The second-order valence-electron chi connectivity index (χ2n) is 4.36. The van der Waals surface area contributed by atoms with Gasteiger partial charge in [0, 0.05) is 13.4 Å². The molecule has 0 aliphatic heterocycles.